The number of benzene rings is 1. The summed E-state index contributed by atoms with van der Waals surface area (Å²) < 4.78 is 65.3. The zero-order valence-electron chi connectivity index (χ0n) is 13.2. The van der Waals surface area contributed by atoms with Gasteiger partial charge in [0.1, 0.15) is 5.69 Å². The standard InChI is InChI=1S/C16H11F5N4O/c1-8-4-12(23-14-6-13(16(19,20)21)24-25(8)14)15(26)22-7-9-2-3-10(17)11(18)5-9/h2-6H,7H2,1H3,(H,22,26). The highest BCUT2D eigenvalue weighted by Crippen LogP contribution is 2.28. The molecule has 0 spiro atoms. The average Bonchev–Trinajstić information content (AvgIpc) is 3.00. The minimum Gasteiger partial charge on any atom is -0.347 e. The molecule has 3 rings (SSSR count). The van der Waals surface area contributed by atoms with Crippen LogP contribution in [0, 0.1) is 18.6 Å². The molecule has 0 aliphatic carbocycles. The van der Waals surface area contributed by atoms with Crippen molar-refractivity contribution in [3.63, 3.8) is 0 Å². The first-order valence-corrected chi connectivity index (χ1v) is 7.32. The highest BCUT2D eigenvalue weighted by atomic mass is 19.4. The van der Waals surface area contributed by atoms with Crippen molar-refractivity contribution in [2.45, 2.75) is 19.6 Å². The summed E-state index contributed by atoms with van der Waals surface area (Å²) in [6, 6.07) is 5.17. The number of rotatable bonds is 3. The van der Waals surface area contributed by atoms with Crippen molar-refractivity contribution < 1.29 is 26.7 Å². The summed E-state index contributed by atoms with van der Waals surface area (Å²) in [4.78, 5) is 16.0. The quantitative estimate of drug-likeness (QED) is 0.720. The molecular formula is C16H11F5N4O. The Morgan fingerprint density at radius 2 is 1.88 bits per heavy atom. The van der Waals surface area contributed by atoms with E-state index in [0.29, 0.717) is 5.56 Å². The second-order valence-electron chi connectivity index (χ2n) is 5.51. The van der Waals surface area contributed by atoms with E-state index < -0.39 is 29.4 Å². The Morgan fingerprint density at radius 3 is 2.54 bits per heavy atom. The predicted molar refractivity (Wildman–Crippen MR) is 80.3 cm³/mol. The molecule has 5 nitrogen and oxygen atoms in total. The number of fused-ring (bicyclic) bond motifs is 1. The molecule has 0 saturated carbocycles. The van der Waals surface area contributed by atoms with Crippen molar-refractivity contribution in [1.82, 2.24) is 19.9 Å². The Bertz CT molecular complexity index is 996. The van der Waals surface area contributed by atoms with Crippen LogP contribution >= 0.6 is 0 Å². The first-order valence-electron chi connectivity index (χ1n) is 7.32. The molecule has 10 heteroatoms. The van der Waals surface area contributed by atoms with Crippen LogP contribution in [0.1, 0.15) is 27.4 Å². The van der Waals surface area contributed by atoms with Crippen LogP contribution in [0.15, 0.2) is 30.3 Å². The first-order chi connectivity index (χ1) is 12.1. The van der Waals surface area contributed by atoms with Crippen LogP contribution in [0.2, 0.25) is 0 Å². The van der Waals surface area contributed by atoms with Gasteiger partial charge < -0.3 is 5.32 Å². The molecule has 26 heavy (non-hydrogen) atoms. The van der Waals surface area contributed by atoms with Crippen LogP contribution in [0.4, 0.5) is 22.0 Å². The Kier molecular flexibility index (Phi) is 4.34. The van der Waals surface area contributed by atoms with E-state index in [2.05, 4.69) is 15.4 Å². The Hall–Kier alpha value is -3.04. The van der Waals surface area contributed by atoms with Gasteiger partial charge in [-0.3, -0.25) is 4.79 Å². The molecule has 0 saturated heterocycles. The normalized spacial score (nSPS) is 11.8. The van der Waals surface area contributed by atoms with Crippen LogP contribution in [-0.2, 0) is 12.7 Å². The first kappa shape index (κ1) is 17.8. The number of amides is 1. The number of carbonyl (C=O) groups is 1. The van der Waals surface area contributed by atoms with Crippen molar-refractivity contribution in [3.05, 3.63) is 64.6 Å². The summed E-state index contributed by atoms with van der Waals surface area (Å²) >= 11 is 0. The molecule has 0 aliphatic heterocycles. The highest BCUT2D eigenvalue weighted by Gasteiger charge is 2.34. The number of halogens is 5. The van der Waals surface area contributed by atoms with Crippen LogP contribution in [0.25, 0.3) is 5.65 Å². The number of carbonyl (C=O) groups excluding carboxylic acids is 1. The van der Waals surface area contributed by atoms with Gasteiger partial charge in [-0.25, -0.2) is 18.3 Å². The van der Waals surface area contributed by atoms with Gasteiger partial charge in [0.2, 0.25) is 0 Å². The molecule has 1 N–H and O–H groups in total. The molecule has 1 amide bonds. The van der Waals surface area contributed by atoms with Gasteiger partial charge in [-0.2, -0.15) is 18.3 Å². The van der Waals surface area contributed by atoms with Crippen molar-refractivity contribution in [3.8, 4) is 0 Å². The monoisotopic (exact) mass is 370 g/mol. The van der Waals surface area contributed by atoms with E-state index in [1.165, 1.54) is 19.1 Å². The van der Waals surface area contributed by atoms with Gasteiger partial charge >= 0.3 is 6.18 Å². The number of alkyl halides is 3. The lowest BCUT2D eigenvalue weighted by Gasteiger charge is -2.07. The molecule has 0 aliphatic rings. The van der Waals surface area contributed by atoms with E-state index in [9.17, 15) is 26.7 Å². The van der Waals surface area contributed by atoms with Gasteiger partial charge in [-0.15, -0.1) is 0 Å². The second kappa shape index (κ2) is 6.36. The van der Waals surface area contributed by atoms with Crippen molar-refractivity contribution >= 4 is 11.6 Å². The summed E-state index contributed by atoms with van der Waals surface area (Å²) in [6.45, 7) is 1.38. The Labute approximate surface area is 143 Å². The maximum atomic E-state index is 13.2. The van der Waals surface area contributed by atoms with Crippen LogP contribution in [0.5, 0.6) is 0 Å². The fourth-order valence-corrected chi connectivity index (χ4v) is 2.30. The predicted octanol–water partition coefficient (Wildman–Crippen LogP) is 3.26. The lowest BCUT2D eigenvalue weighted by molar-refractivity contribution is -0.141. The van der Waals surface area contributed by atoms with Crippen LogP contribution < -0.4 is 5.32 Å². The minimum atomic E-state index is -4.63. The molecule has 2 heterocycles. The SMILES string of the molecule is Cc1cc(C(=O)NCc2ccc(F)c(F)c2)nc2cc(C(F)(F)F)nn12. The van der Waals surface area contributed by atoms with Crippen LogP contribution in [0.3, 0.4) is 0 Å². The van der Waals surface area contributed by atoms with Gasteiger partial charge in [-0.1, -0.05) is 6.07 Å². The lowest BCUT2D eigenvalue weighted by Crippen LogP contribution is -2.24. The van der Waals surface area contributed by atoms with E-state index in [-0.39, 0.29) is 23.6 Å². The molecule has 0 atom stereocenters. The third kappa shape index (κ3) is 3.48. The van der Waals surface area contributed by atoms with E-state index in [1.807, 2.05) is 0 Å². The summed E-state index contributed by atoms with van der Waals surface area (Å²) in [5.41, 5.74) is -0.767. The molecule has 0 fully saturated rings. The smallest absolute Gasteiger partial charge is 0.347 e. The summed E-state index contributed by atoms with van der Waals surface area (Å²) in [6.07, 6.45) is -4.63. The molecule has 3 aromatic rings. The molecule has 0 unspecified atom stereocenters. The van der Waals surface area contributed by atoms with Gasteiger partial charge in [0.15, 0.2) is 23.0 Å². The topological polar surface area (TPSA) is 59.3 Å². The largest absolute Gasteiger partial charge is 0.435 e. The zero-order valence-corrected chi connectivity index (χ0v) is 13.2. The molecule has 0 bridgehead atoms. The number of hydrogen-bond acceptors (Lipinski definition) is 3. The number of nitrogens with zero attached hydrogens (tertiary/aromatic N) is 3. The van der Waals surface area contributed by atoms with Gasteiger partial charge in [0.25, 0.3) is 5.91 Å². The van der Waals surface area contributed by atoms with Gasteiger partial charge in [0.05, 0.1) is 0 Å². The maximum absolute atomic E-state index is 13.2. The summed E-state index contributed by atoms with van der Waals surface area (Å²) in [7, 11) is 0. The lowest BCUT2D eigenvalue weighted by atomic mass is 10.2. The third-order valence-corrected chi connectivity index (χ3v) is 3.57. The van der Waals surface area contributed by atoms with E-state index >= 15 is 0 Å². The zero-order chi connectivity index (χ0) is 19.1. The molecule has 136 valence electrons. The molecular weight excluding hydrogens is 359 g/mol. The number of nitrogens with one attached hydrogen (secondary N) is 1. The second-order valence-corrected chi connectivity index (χ2v) is 5.51. The number of hydrogen-bond donors (Lipinski definition) is 1. The number of aromatic nitrogens is 3. The summed E-state index contributed by atoms with van der Waals surface area (Å²) in [5, 5.41) is 5.86. The molecule has 1 aromatic carbocycles. The van der Waals surface area contributed by atoms with Crippen molar-refractivity contribution in [1.29, 1.82) is 0 Å². The Morgan fingerprint density at radius 1 is 1.15 bits per heavy atom. The highest BCUT2D eigenvalue weighted by molar-refractivity contribution is 5.92. The average molecular weight is 370 g/mol. The maximum Gasteiger partial charge on any atom is 0.435 e. The Balaban J connectivity index is 1.82. The summed E-state index contributed by atoms with van der Waals surface area (Å²) in [5.74, 6) is -2.73. The van der Waals surface area contributed by atoms with Crippen molar-refractivity contribution in [2.24, 2.45) is 0 Å². The van der Waals surface area contributed by atoms with E-state index in [0.717, 1.165) is 22.7 Å². The molecule has 0 radical (unpaired) electrons. The number of aryl methyl sites for hydroxylation is 1. The van der Waals surface area contributed by atoms with E-state index in [1.54, 1.807) is 0 Å². The fraction of sp³-hybridized carbons (Fsp3) is 0.188. The van der Waals surface area contributed by atoms with Gasteiger partial charge in [-0.05, 0) is 30.7 Å². The molecule has 2 aromatic heterocycles. The van der Waals surface area contributed by atoms with Crippen LogP contribution in [-0.4, -0.2) is 20.5 Å². The third-order valence-electron chi connectivity index (χ3n) is 3.57. The van der Waals surface area contributed by atoms with Gasteiger partial charge in [0, 0.05) is 18.3 Å². The van der Waals surface area contributed by atoms with E-state index in [4.69, 9.17) is 0 Å². The minimum absolute atomic E-state index is 0.102. The van der Waals surface area contributed by atoms with Crippen molar-refractivity contribution in [2.75, 3.05) is 0 Å². The fourth-order valence-electron chi connectivity index (χ4n) is 2.30.